The minimum absolute atomic E-state index is 0.204. The molecule has 1 amide bonds. The molecule has 31 heavy (non-hydrogen) atoms. The Morgan fingerprint density at radius 2 is 2.00 bits per heavy atom. The number of ether oxygens (including phenoxy) is 1. The standard InChI is InChI=1S/C23H24N6O2/c1-15(16-6-4-3-5-7-16)8-10-25-21(30)19-12-18(14-26-22(19)31-2)17-9-11-29-20(13-17)27-23(24)28-29/h3-7,9,11-15H,8,10H2,1-2H3,(H2,24,28)(H,25,30). The molecular formula is C23H24N6O2. The van der Waals surface area contributed by atoms with Gasteiger partial charge in [-0.3, -0.25) is 4.79 Å². The molecular weight excluding hydrogens is 392 g/mol. The Hall–Kier alpha value is -3.94. The van der Waals surface area contributed by atoms with Crippen LogP contribution >= 0.6 is 0 Å². The number of hydrogen-bond acceptors (Lipinski definition) is 6. The van der Waals surface area contributed by atoms with Crippen LogP contribution in [0, 0.1) is 0 Å². The molecule has 8 heteroatoms. The van der Waals surface area contributed by atoms with Crippen LogP contribution in [-0.2, 0) is 0 Å². The van der Waals surface area contributed by atoms with Gasteiger partial charge in [0.1, 0.15) is 5.56 Å². The maximum Gasteiger partial charge on any atom is 0.256 e. The fraction of sp³-hybridized carbons (Fsp3) is 0.217. The number of anilines is 1. The van der Waals surface area contributed by atoms with Crippen LogP contribution < -0.4 is 15.8 Å². The smallest absolute Gasteiger partial charge is 0.256 e. The summed E-state index contributed by atoms with van der Waals surface area (Å²) in [6.07, 6.45) is 4.26. The lowest BCUT2D eigenvalue weighted by Crippen LogP contribution is -2.26. The highest BCUT2D eigenvalue weighted by Crippen LogP contribution is 2.25. The summed E-state index contributed by atoms with van der Waals surface area (Å²) in [6, 6.07) is 15.7. The third kappa shape index (κ3) is 4.48. The van der Waals surface area contributed by atoms with E-state index in [2.05, 4.69) is 39.4 Å². The molecule has 4 aromatic rings. The second-order valence-electron chi connectivity index (χ2n) is 7.33. The zero-order valence-electron chi connectivity index (χ0n) is 17.4. The molecule has 1 unspecified atom stereocenters. The van der Waals surface area contributed by atoms with E-state index >= 15 is 0 Å². The third-order valence-electron chi connectivity index (χ3n) is 5.21. The van der Waals surface area contributed by atoms with Crippen molar-refractivity contribution in [3.8, 4) is 17.0 Å². The average molecular weight is 416 g/mol. The van der Waals surface area contributed by atoms with E-state index in [0.29, 0.717) is 23.7 Å². The molecule has 0 spiro atoms. The predicted octanol–water partition coefficient (Wildman–Crippen LogP) is 3.31. The van der Waals surface area contributed by atoms with Crippen molar-refractivity contribution in [2.45, 2.75) is 19.3 Å². The van der Waals surface area contributed by atoms with Crippen molar-refractivity contribution in [2.75, 3.05) is 19.4 Å². The minimum Gasteiger partial charge on any atom is -0.480 e. The van der Waals surface area contributed by atoms with Crippen molar-refractivity contribution < 1.29 is 9.53 Å². The number of fused-ring (bicyclic) bond motifs is 1. The Kier molecular flexibility index (Phi) is 5.79. The zero-order valence-corrected chi connectivity index (χ0v) is 17.4. The first-order chi connectivity index (χ1) is 15.0. The summed E-state index contributed by atoms with van der Waals surface area (Å²) >= 11 is 0. The maximum absolute atomic E-state index is 12.9. The molecule has 0 aliphatic carbocycles. The Morgan fingerprint density at radius 3 is 2.77 bits per heavy atom. The van der Waals surface area contributed by atoms with Gasteiger partial charge in [0, 0.05) is 24.5 Å². The van der Waals surface area contributed by atoms with Gasteiger partial charge in [0.2, 0.25) is 11.8 Å². The molecule has 0 saturated heterocycles. The van der Waals surface area contributed by atoms with E-state index in [1.165, 1.54) is 12.7 Å². The van der Waals surface area contributed by atoms with Crippen LogP contribution in [0.15, 0.2) is 60.9 Å². The fourth-order valence-electron chi connectivity index (χ4n) is 3.46. The van der Waals surface area contributed by atoms with Crippen molar-refractivity contribution in [2.24, 2.45) is 0 Å². The Morgan fingerprint density at radius 1 is 1.19 bits per heavy atom. The molecule has 0 bridgehead atoms. The summed E-state index contributed by atoms with van der Waals surface area (Å²) in [5.41, 5.74) is 9.53. The van der Waals surface area contributed by atoms with Crippen LogP contribution in [-0.4, -0.2) is 39.1 Å². The van der Waals surface area contributed by atoms with Gasteiger partial charge in [-0.05, 0) is 41.7 Å². The molecule has 1 aromatic carbocycles. The average Bonchev–Trinajstić information content (AvgIpc) is 3.18. The molecule has 3 heterocycles. The SMILES string of the molecule is COc1ncc(-c2ccn3nc(N)nc3c2)cc1C(=O)NCCC(C)c1ccccc1. The van der Waals surface area contributed by atoms with Gasteiger partial charge in [-0.1, -0.05) is 37.3 Å². The lowest BCUT2D eigenvalue weighted by Gasteiger charge is -2.14. The first kappa shape index (κ1) is 20.3. The van der Waals surface area contributed by atoms with Crippen LogP contribution in [0.5, 0.6) is 5.88 Å². The number of carbonyl (C=O) groups is 1. The van der Waals surface area contributed by atoms with Crippen molar-refractivity contribution in [1.82, 2.24) is 24.9 Å². The van der Waals surface area contributed by atoms with Crippen LogP contribution in [0.2, 0.25) is 0 Å². The van der Waals surface area contributed by atoms with E-state index < -0.39 is 0 Å². The molecule has 8 nitrogen and oxygen atoms in total. The summed E-state index contributed by atoms with van der Waals surface area (Å²) in [6.45, 7) is 2.70. The van der Waals surface area contributed by atoms with E-state index in [1.807, 2.05) is 30.3 Å². The monoisotopic (exact) mass is 416 g/mol. The molecule has 0 aliphatic heterocycles. The van der Waals surface area contributed by atoms with Crippen molar-refractivity contribution in [1.29, 1.82) is 0 Å². The highest BCUT2D eigenvalue weighted by Gasteiger charge is 2.16. The molecule has 0 aliphatic rings. The highest BCUT2D eigenvalue weighted by molar-refractivity contribution is 5.97. The molecule has 0 radical (unpaired) electrons. The van der Waals surface area contributed by atoms with Gasteiger partial charge in [0.05, 0.1) is 7.11 Å². The van der Waals surface area contributed by atoms with Gasteiger partial charge in [0.25, 0.3) is 5.91 Å². The number of carbonyl (C=O) groups excluding carboxylic acids is 1. The summed E-state index contributed by atoms with van der Waals surface area (Å²) in [5, 5.41) is 7.06. The fourth-order valence-corrected chi connectivity index (χ4v) is 3.46. The van der Waals surface area contributed by atoms with Gasteiger partial charge in [0.15, 0.2) is 5.65 Å². The Bertz CT molecular complexity index is 1210. The van der Waals surface area contributed by atoms with Crippen LogP contribution in [0.1, 0.15) is 35.2 Å². The lowest BCUT2D eigenvalue weighted by molar-refractivity contribution is 0.0949. The summed E-state index contributed by atoms with van der Waals surface area (Å²) in [4.78, 5) is 21.4. The van der Waals surface area contributed by atoms with Crippen LogP contribution in [0.3, 0.4) is 0 Å². The van der Waals surface area contributed by atoms with Crippen molar-refractivity contribution in [3.63, 3.8) is 0 Å². The first-order valence-electron chi connectivity index (χ1n) is 10.0. The van der Waals surface area contributed by atoms with Crippen LogP contribution in [0.25, 0.3) is 16.8 Å². The number of nitrogens with one attached hydrogen (secondary N) is 1. The number of amides is 1. The normalized spacial score (nSPS) is 11.9. The third-order valence-corrected chi connectivity index (χ3v) is 5.21. The molecule has 158 valence electrons. The van der Waals surface area contributed by atoms with Gasteiger partial charge >= 0.3 is 0 Å². The Balaban J connectivity index is 1.50. The van der Waals surface area contributed by atoms with Crippen molar-refractivity contribution in [3.05, 3.63) is 72.1 Å². The number of aromatic nitrogens is 4. The number of rotatable bonds is 7. The summed E-state index contributed by atoms with van der Waals surface area (Å²) in [5.74, 6) is 0.606. The van der Waals surface area contributed by atoms with Crippen LogP contribution in [0.4, 0.5) is 5.95 Å². The number of nitrogen functional groups attached to an aromatic ring is 1. The number of nitrogens with two attached hydrogens (primary N) is 1. The molecule has 0 saturated carbocycles. The molecule has 3 aromatic heterocycles. The Labute approximate surface area is 180 Å². The zero-order chi connectivity index (χ0) is 21.8. The van der Waals surface area contributed by atoms with Gasteiger partial charge in [-0.25, -0.2) is 9.50 Å². The lowest BCUT2D eigenvalue weighted by atomic mass is 9.98. The van der Waals surface area contributed by atoms with E-state index in [-0.39, 0.29) is 17.7 Å². The second-order valence-corrected chi connectivity index (χ2v) is 7.33. The summed E-state index contributed by atoms with van der Waals surface area (Å²) in [7, 11) is 1.50. The van der Waals surface area contributed by atoms with E-state index in [4.69, 9.17) is 10.5 Å². The van der Waals surface area contributed by atoms with Gasteiger partial charge < -0.3 is 15.8 Å². The number of benzene rings is 1. The maximum atomic E-state index is 12.9. The predicted molar refractivity (Wildman–Crippen MR) is 119 cm³/mol. The highest BCUT2D eigenvalue weighted by atomic mass is 16.5. The first-order valence-corrected chi connectivity index (χ1v) is 10.0. The number of methoxy groups -OCH3 is 1. The molecule has 3 N–H and O–H groups in total. The molecule has 4 rings (SSSR count). The second kappa shape index (κ2) is 8.83. The quantitative estimate of drug-likeness (QED) is 0.479. The summed E-state index contributed by atoms with van der Waals surface area (Å²) < 4.78 is 6.91. The van der Waals surface area contributed by atoms with Gasteiger partial charge in [-0.2, -0.15) is 4.98 Å². The minimum atomic E-state index is -0.223. The van der Waals surface area contributed by atoms with E-state index in [0.717, 1.165) is 17.5 Å². The number of nitrogens with zero attached hydrogens (tertiary/aromatic N) is 4. The van der Waals surface area contributed by atoms with Gasteiger partial charge in [-0.15, -0.1) is 5.10 Å². The molecule has 0 fully saturated rings. The largest absolute Gasteiger partial charge is 0.480 e. The topological polar surface area (TPSA) is 107 Å². The number of pyridine rings is 2. The molecule has 1 atom stereocenters. The number of hydrogen-bond donors (Lipinski definition) is 2. The van der Waals surface area contributed by atoms with Crippen molar-refractivity contribution >= 4 is 17.5 Å². The van der Waals surface area contributed by atoms with E-state index in [9.17, 15) is 4.79 Å². The van der Waals surface area contributed by atoms with E-state index in [1.54, 1.807) is 23.0 Å².